The Labute approximate surface area is 108 Å². The van der Waals surface area contributed by atoms with Crippen LogP contribution in [-0.4, -0.2) is 24.8 Å². The van der Waals surface area contributed by atoms with E-state index in [-0.39, 0.29) is 5.60 Å². The summed E-state index contributed by atoms with van der Waals surface area (Å²) in [5.74, 6) is 1.69. The Hall–Kier alpha value is -0.0800. The second-order valence-electron chi connectivity index (χ2n) is 6.09. The quantitative estimate of drug-likeness (QED) is 0.767. The molecule has 4 atom stereocenters. The van der Waals surface area contributed by atoms with E-state index in [1.807, 2.05) is 0 Å². The summed E-state index contributed by atoms with van der Waals surface area (Å²) in [5, 5.41) is 3.42. The molecule has 0 bridgehead atoms. The second-order valence-corrected chi connectivity index (χ2v) is 6.09. The second kappa shape index (κ2) is 6.75. The van der Waals surface area contributed by atoms with Gasteiger partial charge in [0.25, 0.3) is 0 Å². The molecule has 1 saturated carbocycles. The highest BCUT2D eigenvalue weighted by Crippen LogP contribution is 2.33. The first kappa shape index (κ1) is 15.0. The van der Waals surface area contributed by atoms with Crippen molar-refractivity contribution >= 4 is 0 Å². The summed E-state index contributed by atoms with van der Waals surface area (Å²) in [6, 6.07) is 0. The Kier molecular flexibility index (Phi) is 5.94. The van der Waals surface area contributed by atoms with Crippen molar-refractivity contribution in [3.05, 3.63) is 0 Å². The fourth-order valence-corrected chi connectivity index (χ4v) is 2.65. The van der Waals surface area contributed by atoms with Gasteiger partial charge in [0.1, 0.15) is 0 Å². The standard InChI is InChI=1S/C15H31NO/c1-6-15(5,11-16-7-2)17-14-9-8-12(3)13(4)10-14/h12-14,16H,6-11H2,1-5H3. The third-order valence-corrected chi connectivity index (χ3v) is 4.50. The van der Waals surface area contributed by atoms with Crippen molar-refractivity contribution in [2.24, 2.45) is 11.8 Å². The molecular formula is C15H31NO. The van der Waals surface area contributed by atoms with Gasteiger partial charge in [-0.15, -0.1) is 0 Å². The monoisotopic (exact) mass is 241 g/mol. The predicted molar refractivity (Wildman–Crippen MR) is 74.3 cm³/mol. The molecule has 0 aromatic rings. The molecule has 1 N–H and O–H groups in total. The van der Waals surface area contributed by atoms with Gasteiger partial charge in [-0.05, 0) is 51.0 Å². The van der Waals surface area contributed by atoms with Crippen LogP contribution >= 0.6 is 0 Å². The van der Waals surface area contributed by atoms with Crippen LogP contribution in [0.3, 0.4) is 0 Å². The smallest absolute Gasteiger partial charge is 0.0779 e. The van der Waals surface area contributed by atoms with E-state index in [1.165, 1.54) is 19.3 Å². The highest BCUT2D eigenvalue weighted by atomic mass is 16.5. The Bertz CT molecular complexity index is 219. The van der Waals surface area contributed by atoms with Crippen LogP contribution in [0.4, 0.5) is 0 Å². The Morgan fingerprint density at radius 2 is 1.88 bits per heavy atom. The van der Waals surface area contributed by atoms with Crippen LogP contribution in [0.5, 0.6) is 0 Å². The Balaban J connectivity index is 2.45. The van der Waals surface area contributed by atoms with Crippen LogP contribution in [-0.2, 0) is 4.74 Å². The first-order valence-electron chi connectivity index (χ1n) is 7.39. The summed E-state index contributed by atoms with van der Waals surface area (Å²) < 4.78 is 6.39. The van der Waals surface area contributed by atoms with Gasteiger partial charge in [-0.1, -0.05) is 27.7 Å². The molecule has 0 radical (unpaired) electrons. The summed E-state index contributed by atoms with van der Waals surface area (Å²) >= 11 is 0. The molecule has 0 amide bonds. The minimum Gasteiger partial charge on any atom is -0.371 e. The molecule has 0 saturated heterocycles. The van der Waals surface area contributed by atoms with Gasteiger partial charge in [0.15, 0.2) is 0 Å². The van der Waals surface area contributed by atoms with Gasteiger partial charge in [-0.2, -0.15) is 0 Å². The van der Waals surface area contributed by atoms with Crippen LogP contribution < -0.4 is 5.32 Å². The molecule has 1 fully saturated rings. The molecule has 17 heavy (non-hydrogen) atoms. The largest absolute Gasteiger partial charge is 0.371 e. The minimum absolute atomic E-state index is 0.0149. The normalized spacial score (nSPS) is 33.4. The lowest BCUT2D eigenvalue weighted by Gasteiger charge is -2.38. The maximum atomic E-state index is 6.39. The number of likely N-dealkylation sites (N-methyl/N-ethyl adjacent to an activating group) is 1. The molecule has 1 rings (SSSR count). The van der Waals surface area contributed by atoms with Crippen molar-refractivity contribution < 1.29 is 4.74 Å². The lowest BCUT2D eigenvalue weighted by molar-refractivity contribution is -0.106. The number of ether oxygens (including phenoxy) is 1. The lowest BCUT2D eigenvalue weighted by atomic mass is 9.80. The van der Waals surface area contributed by atoms with Gasteiger partial charge < -0.3 is 10.1 Å². The van der Waals surface area contributed by atoms with E-state index in [0.29, 0.717) is 6.10 Å². The van der Waals surface area contributed by atoms with Crippen molar-refractivity contribution in [3.8, 4) is 0 Å². The lowest BCUT2D eigenvalue weighted by Crippen LogP contribution is -2.44. The number of rotatable bonds is 6. The van der Waals surface area contributed by atoms with E-state index >= 15 is 0 Å². The van der Waals surface area contributed by atoms with E-state index in [4.69, 9.17) is 4.74 Å². The van der Waals surface area contributed by atoms with Crippen molar-refractivity contribution in [1.82, 2.24) is 5.32 Å². The topological polar surface area (TPSA) is 21.3 Å². The molecule has 2 heteroatoms. The zero-order chi connectivity index (χ0) is 12.9. The minimum atomic E-state index is 0.0149. The average Bonchev–Trinajstić information content (AvgIpc) is 2.31. The third kappa shape index (κ3) is 4.59. The van der Waals surface area contributed by atoms with Crippen molar-refractivity contribution in [3.63, 3.8) is 0 Å². The number of hydrogen-bond acceptors (Lipinski definition) is 2. The van der Waals surface area contributed by atoms with Gasteiger partial charge in [-0.25, -0.2) is 0 Å². The molecule has 0 aromatic carbocycles. The first-order chi connectivity index (χ1) is 8.00. The third-order valence-electron chi connectivity index (χ3n) is 4.50. The van der Waals surface area contributed by atoms with E-state index < -0.39 is 0 Å². The van der Waals surface area contributed by atoms with E-state index in [2.05, 4.69) is 39.9 Å². The number of nitrogens with one attached hydrogen (secondary N) is 1. The Morgan fingerprint density at radius 1 is 1.18 bits per heavy atom. The van der Waals surface area contributed by atoms with Gasteiger partial charge in [0.05, 0.1) is 11.7 Å². The molecule has 102 valence electrons. The van der Waals surface area contributed by atoms with E-state index in [1.54, 1.807) is 0 Å². The van der Waals surface area contributed by atoms with Crippen LogP contribution in [0, 0.1) is 11.8 Å². The molecule has 1 aliphatic carbocycles. The van der Waals surface area contributed by atoms with Gasteiger partial charge in [0, 0.05) is 6.54 Å². The SMILES string of the molecule is CCNCC(C)(CC)OC1CCC(C)C(C)C1. The van der Waals surface area contributed by atoms with Crippen molar-refractivity contribution in [1.29, 1.82) is 0 Å². The molecule has 0 spiro atoms. The van der Waals surface area contributed by atoms with Gasteiger partial charge in [-0.3, -0.25) is 0 Å². The average molecular weight is 241 g/mol. The van der Waals surface area contributed by atoms with E-state index in [9.17, 15) is 0 Å². The maximum absolute atomic E-state index is 6.39. The molecule has 4 unspecified atom stereocenters. The summed E-state index contributed by atoms with van der Waals surface area (Å²) in [6.07, 6.45) is 5.37. The predicted octanol–water partition coefficient (Wildman–Crippen LogP) is 3.61. The van der Waals surface area contributed by atoms with Gasteiger partial charge in [0.2, 0.25) is 0 Å². The van der Waals surface area contributed by atoms with Crippen molar-refractivity contribution in [2.45, 2.75) is 72.0 Å². The fraction of sp³-hybridized carbons (Fsp3) is 1.00. The zero-order valence-electron chi connectivity index (χ0n) is 12.4. The summed E-state index contributed by atoms with van der Waals surface area (Å²) in [6.45, 7) is 13.4. The molecule has 0 aliphatic heterocycles. The first-order valence-corrected chi connectivity index (χ1v) is 7.39. The summed E-state index contributed by atoms with van der Waals surface area (Å²) in [5.41, 5.74) is 0.0149. The zero-order valence-corrected chi connectivity index (χ0v) is 12.4. The van der Waals surface area contributed by atoms with Crippen LogP contribution in [0.1, 0.15) is 60.3 Å². The van der Waals surface area contributed by atoms with Gasteiger partial charge >= 0.3 is 0 Å². The molecule has 0 heterocycles. The van der Waals surface area contributed by atoms with Crippen LogP contribution in [0.15, 0.2) is 0 Å². The maximum Gasteiger partial charge on any atom is 0.0779 e. The van der Waals surface area contributed by atoms with Crippen LogP contribution in [0.2, 0.25) is 0 Å². The molecule has 0 aromatic heterocycles. The fourth-order valence-electron chi connectivity index (χ4n) is 2.65. The highest BCUT2D eigenvalue weighted by Gasteiger charge is 2.31. The number of hydrogen-bond donors (Lipinski definition) is 1. The van der Waals surface area contributed by atoms with E-state index in [0.717, 1.165) is 31.3 Å². The molecule has 1 aliphatic rings. The summed E-state index contributed by atoms with van der Waals surface area (Å²) in [4.78, 5) is 0. The van der Waals surface area contributed by atoms with Crippen molar-refractivity contribution in [2.75, 3.05) is 13.1 Å². The summed E-state index contributed by atoms with van der Waals surface area (Å²) in [7, 11) is 0. The van der Waals surface area contributed by atoms with Crippen LogP contribution in [0.25, 0.3) is 0 Å². The Morgan fingerprint density at radius 3 is 2.41 bits per heavy atom. The molecular weight excluding hydrogens is 210 g/mol. The molecule has 2 nitrogen and oxygen atoms in total. The highest BCUT2D eigenvalue weighted by molar-refractivity contribution is 4.82.